The summed E-state index contributed by atoms with van der Waals surface area (Å²) in [5.41, 5.74) is -0.310. The Morgan fingerprint density at radius 3 is 2.61 bits per heavy atom. The molecule has 2 bridgehead atoms. The standard InChI is InChI=1S/C23H23F3N4O/c1-13(17-10-14-7-8-16(17)9-14)28-22(31)18-12-27-30-20(23(24,25)26)11-19(29-21(18)30)15-5-3-2-4-6-15/h2-6,11-14,16-17H,7-10H2,1H3,(H,28,31)/t13-,14+,16+,17-/m1/s1. The number of nitrogens with zero attached hydrogens (tertiary/aromatic N) is 3. The van der Waals surface area contributed by atoms with Crippen LogP contribution in [-0.4, -0.2) is 26.5 Å². The number of amides is 1. The second kappa shape index (κ2) is 7.35. The Morgan fingerprint density at radius 1 is 1.19 bits per heavy atom. The molecule has 2 aromatic heterocycles. The van der Waals surface area contributed by atoms with E-state index in [1.807, 2.05) is 6.92 Å². The van der Waals surface area contributed by atoms with Gasteiger partial charge in [0.15, 0.2) is 11.3 Å². The van der Waals surface area contributed by atoms with E-state index in [2.05, 4.69) is 15.4 Å². The number of nitrogens with one attached hydrogen (secondary N) is 1. The number of benzene rings is 1. The molecule has 2 fully saturated rings. The number of hydrogen-bond donors (Lipinski definition) is 1. The molecule has 2 aliphatic rings. The average molecular weight is 428 g/mol. The lowest BCUT2D eigenvalue weighted by atomic mass is 9.84. The lowest BCUT2D eigenvalue weighted by Gasteiger charge is -2.28. The van der Waals surface area contributed by atoms with E-state index in [0.717, 1.165) is 18.4 Å². The highest BCUT2D eigenvalue weighted by Crippen LogP contribution is 2.49. The smallest absolute Gasteiger partial charge is 0.349 e. The number of hydrogen-bond acceptors (Lipinski definition) is 3. The van der Waals surface area contributed by atoms with Gasteiger partial charge < -0.3 is 5.32 Å². The van der Waals surface area contributed by atoms with E-state index in [9.17, 15) is 18.0 Å². The van der Waals surface area contributed by atoms with Crippen molar-refractivity contribution in [1.82, 2.24) is 19.9 Å². The summed E-state index contributed by atoms with van der Waals surface area (Å²) in [7, 11) is 0. The largest absolute Gasteiger partial charge is 0.433 e. The van der Waals surface area contributed by atoms with Crippen LogP contribution < -0.4 is 5.32 Å². The SMILES string of the molecule is C[C@@H](NC(=O)c1cnn2c(C(F)(F)F)cc(-c3ccccc3)nc12)[C@H]1C[C@H]2CC[C@H]1C2. The van der Waals surface area contributed by atoms with Gasteiger partial charge in [0.05, 0.1) is 11.9 Å². The second-order valence-corrected chi connectivity index (χ2v) is 8.78. The Morgan fingerprint density at radius 2 is 1.97 bits per heavy atom. The van der Waals surface area contributed by atoms with E-state index < -0.39 is 17.8 Å². The van der Waals surface area contributed by atoms with Crippen LogP contribution in [0.3, 0.4) is 0 Å². The Hall–Kier alpha value is -2.90. The van der Waals surface area contributed by atoms with Crippen LogP contribution in [0.1, 0.15) is 48.7 Å². The summed E-state index contributed by atoms with van der Waals surface area (Å²) in [4.78, 5) is 17.4. The van der Waals surface area contributed by atoms with Crippen molar-refractivity contribution in [2.24, 2.45) is 17.8 Å². The summed E-state index contributed by atoms with van der Waals surface area (Å²) in [6, 6.07) is 9.54. The Balaban J connectivity index is 1.51. The van der Waals surface area contributed by atoms with E-state index in [-0.39, 0.29) is 22.9 Å². The molecular formula is C23H23F3N4O. The number of carbonyl (C=O) groups is 1. The van der Waals surface area contributed by atoms with Gasteiger partial charge in [-0.15, -0.1) is 0 Å². The highest BCUT2D eigenvalue weighted by molar-refractivity contribution is 6.00. The molecule has 5 rings (SSSR count). The number of alkyl halides is 3. The summed E-state index contributed by atoms with van der Waals surface area (Å²) in [6.07, 6.45) is 1.33. The first-order valence-corrected chi connectivity index (χ1v) is 10.6. The van der Waals surface area contributed by atoms with Crippen molar-refractivity contribution < 1.29 is 18.0 Å². The third-order valence-corrected chi connectivity index (χ3v) is 6.87. The molecular weight excluding hydrogens is 405 g/mol. The van der Waals surface area contributed by atoms with Gasteiger partial charge in [-0.25, -0.2) is 9.50 Å². The van der Waals surface area contributed by atoms with Crippen molar-refractivity contribution in [3.05, 3.63) is 53.9 Å². The molecule has 0 radical (unpaired) electrons. The molecule has 4 atom stereocenters. The molecule has 1 N–H and O–H groups in total. The minimum atomic E-state index is -4.64. The van der Waals surface area contributed by atoms with Crippen LogP contribution in [0.25, 0.3) is 16.9 Å². The fourth-order valence-corrected chi connectivity index (χ4v) is 5.38. The molecule has 0 unspecified atom stereocenters. The van der Waals surface area contributed by atoms with Crippen LogP contribution in [0.2, 0.25) is 0 Å². The highest BCUT2D eigenvalue weighted by atomic mass is 19.4. The summed E-state index contributed by atoms with van der Waals surface area (Å²) >= 11 is 0. The molecule has 162 valence electrons. The number of fused-ring (bicyclic) bond motifs is 3. The van der Waals surface area contributed by atoms with Gasteiger partial charge in [-0.2, -0.15) is 18.3 Å². The van der Waals surface area contributed by atoms with E-state index in [1.165, 1.54) is 25.5 Å². The molecule has 2 aliphatic carbocycles. The molecule has 0 aliphatic heterocycles. The summed E-state index contributed by atoms with van der Waals surface area (Å²) in [5, 5.41) is 6.86. The molecule has 1 amide bonds. The van der Waals surface area contributed by atoms with Gasteiger partial charge in [-0.3, -0.25) is 4.79 Å². The van der Waals surface area contributed by atoms with Crippen molar-refractivity contribution in [2.45, 2.75) is 44.8 Å². The Labute approximate surface area is 177 Å². The average Bonchev–Trinajstić information content (AvgIpc) is 3.48. The molecule has 0 saturated heterocycles. The van der Waals surface area contributed by atoms with Crippen molar-refractivity contribution in [3.8, 4) is 11.3 Å². The van der Waals surface area contributed by atoms with Gasteiger partial charge in [-0.1, -0.05) is 36.8 Å². The topological polar surface area (TPSA) is 59.3 Å². The first kappa shape index (κ1) is 20.0. The van der Waals surface area contributed by atoms with Crippen molar-refractivity contribution in [3.63, 3.8) is 0 Å². The van der Waals surface area contributed by atoms with E-state index in [4.69, 9.17) is 0 Å². The molecule has 8 heteroatoms. The van der Waals surface area contributed by atoms with Gasteiger partial charge in [-0.05, 0) is 50.0 Å². The zero-order chi connectivity index (χ0) is 21.8. The van der Waals surface area contributed by atoms with Crippen LogP contribution in [0.5, 0.6) is 0 Å². The predicted octanol–water partition coefficient (Wildman–Crippen LogP) is 4.97. The third-order valence-electron chi connectivity index (χ3n) is 6.87. The predicted molar refractivity (Wildman–Crippen MR) is 109 cm³/mol. The summed E-state index contributed by atoms with van der Waals surface area (Å²) in [6.45, 7) is 1.99. The zero-order valence-electron chi connectivity index (χ0n) is 17.1. The number of carbonyl (C=O) groups excluding carboxylic acids is 1. The molecule has 3 aromatic rings. The summed E-state index contributed by atoms with van der Waals surface area (Å²) < 4.78 is 41.9. The van der Waals surface area contributed by atoms with Gasteiger partial charge in [0.2, 0.25) is 0 Å². The van der Waals surface area contributed by atoms with Crippen LogP contribution >= 0.6 is 0 Å². The van der Waals surface area contributed by atoms with Crippen LogP contribution in [-0.2, 0) is 6.18 Å². The molecule has 31 heavy (non-hydrogen) atoms. The zero-order valence-corrected chi connectivity index (χ0v) is 17.1. The van der Waals surface area contributed by atoms with Gasteiger partial charge >= 0.3 is 6.18 Å². The first-order chi connectivity index (χ1) is 14.8. The normalized spacial score (nSPS) is 23.9. The lowest BCUT2D eigenvalue weighted by molar-refractivity contribution is -0.142. The van der Waals surface area contributed by atoms with E-state index in [0.29, 0.717) is 21.9 Å². The van der Waals surface area contributed by atoms with Gasteiger partial charge in [0.25, 0.3) is 5.91 Å². The molecule has 0 spiro atoms. The minimum Gasteiger partial charge on any atom is -0.349 e. The lowest BCUT2D eigenvalue weighted by Crippen LogP contribution is -2.40. The highest BCUT2D eigenvalue weighted by Gasteiger charge is 2.42. The number of halogens is 3. The van der Waals surface area contributed by atoms with E-state index in [1.54, 1.807) is 30.3 Å². The Bertz CT molecular complexity index is 1130. The van der Waals surface area contributed by atoms with Crippen molar-refractivity contribution >= 4 is 11.6 Å². The first-order valence-electron chi connectivity index (χ1n) is 10.6. The summed E-state index contributed by atoms with van der Waals surface area (Å²) in [5.74, 6) is 1.36. The third kappa shape index (κ3) is 3.58. The monoisotopic (exact) mass is 428 g/mol. The number of rotatable bonds is 4. The molecule has 2 heterocycles. The minimum absolute atomic E-state index is 0.0443. The van der Waals surface area contributed by atoms with Crippen LogP contribution in [0, 0.1) is 17.8 Å². The quantitative estimate of drug-likeness (QED) is 0.638. The van der Waals surface area contributed by atoms with Crippen LogP contribution in [0.4, 0.5) is 13.2 Å². The maximum atomic E-state index is 13.7. The Kier molecular flexibility index (Phi) is 4.75. The fraction of sp³-hybridized carbons (Fsp3) is 0.435. The van der Waals surface area contributed by atoms with E-state index >= 15 is 0 Å². The van der Waals surface area contributed by atoms with Gasteiger partial charge in [0.1, 0.15) is 5.56 Å². The van der Waals surface area contributed by atoms with Crippen molar-refractivity contribution in [1.29, 1.82) is 0 Å². The molecule has 1 aromatic carbocycles. The number of aromatic nitrogens is 3. The molecule has 2 saturated carbocycles. The maximum absolute atomic E-state index is 13.7. The molecule has 5 nitrogen and oxygen atoms in total. The maximum Gasteiger partial charge on any atom is 0.433 e. The van der Waals surface area contributed by atoms with Crippen molar-refractivity contribution in [2.75, 3.05) is 0 Å². The van der Waals surface area contributed by atoms with Crippen LogP contribution in [0.15, 0.2) is 42.6 Å². The second-order valence-electron chi connectivity index (χ2n) is 8.78. The fourth-order valence-electron chi connectivity index (χ4n) is 5.38. The van der Waals surface area contributed by atoms with Gasteiger partial charge in [0, 0.05) is 11.6 Å².